The fourth-order valence-electron chi connectivity index (χ4n) is 0.950. The first-order valence-electron chi connectivity index (χ1n) is 4.41. The molecule has 0 aliphatic rings. The highest BCUT2D eigenvalue weighted by Gasteiger charge is 2.04. The summed E-state index contributed by atoms with van der Waals surface area (Å²) in [5.74, 6) is 0.670. The second kappa shape index (κ2) is 6.95. The number of rotatable bonds is 6. The van der Waals surface area contributed by atoms with Crippen LogP contribution in [0.5, 0.6) is 0 Å². The number of carbonyl (C=O) groups is 1. The lowest BCUT2D eigenvalue weighted by atomic mass is 10.1. The summed E-state index contributed by atoms with van der Waals surface area (Å²) in [4.78, 5) is 11.0. The van der Waals surface area contributed by atoms with Gasteiger partial charge >= 0.3 is 0 Å². The van der Waals surface area contributed by atoms with E-state index in [9.17, 15) is 4.79 Å². The first-order valence-corrected chi connectivity index (χ1v) is 4.41. The third-order valence-corrected chi connectivity index (χ3v) is 1.77. The molecule has 0 rings (SSSR count). The van der Waals surface area contributed by atoms with Crippen molar-refractivity contribution in [3.8, 4) is 0 Å². The van der Waals surface area contributed by atoms with Gasteiger partial charge < -0.3 is 10.1 Å². The van der Waals surface area contributed by atoms with Crippen molar-refractivity contribution in [2.75, 3.05) is 14.2 Å². The molecule has 0 atom stereocenters. The van der Waals surface area contributed by atoms with Crippen LogP contribution in [0.15, 0.2) is 36.6 Å². The summed E-state index contributed by atoms with van der Waals surface area (Å²) < 4.78 is 5.08. The molecule has 0 unspecified atom stereocenters. The van der Waals surface area contributed by atoms with Crippen molar-refractivity contribution in [3.05, 3.63) is 36.6 Å². The lowest BCUT2D eigenvalue weighted by molar-refractivity contribution is -0.120. The molecule has 0 radical (unpaired) electrons. The summed E-state index contributed by atoms with van der Waals surface area (Å²) >= 11 is 0. The number of ether oxygens (including phenoxy) is 1. The predicted octanol–water partition coefficient (Wildman–Crippen LogP) is 1.79. The Morgan fingerprint density at radius 2 is 2.14 bits per heavy atom. The van der Waals surface area contributed by atoms with E-state index in [0.29, 0.717) is 18.6 Å². The van der Waals surface area contributed by atoms with Gasteiger partial charge in [-0.05, 0) is 18.1 Å². The van der Waals surface area contributed by atoms with Gasteiger partial charge in [0.1, 0.15) is 5.76 Å². The Kier molecular flexibility index (Phi) is 6.20. The minimum atomic E-state index is 0.000191. The Morgan fingerprint density at radius 1 is 1.50 bits per heavy atom. The molecule has 78 valence electrons. The maximum absolute atomic E-state index is 11.0. The van der Waals surface area contributed by atoms with E-state index in [1.807, 2.05) is 0 Å². The van der Waals surface area contributed by atoms with Gasteiger partial charge in [-0.2, -0.15) is 0 Å². The van der Waals surface area contributed by atoms with Gasteiger partial charge in [-0.1, -0.05) is 19.2 Å². The van der Waals surface area contributed by atoms with E-state index in [-0.39, 0.29) is 5.91 Å². The van der Waals surface area contributed by atoms with E-state index in [0.717, 1.165) is 5.57 Å². The number of carbonyl (C=O) groups excluding carboxylic acids is 1. The maximum Gasteiger partial charge on any atom is 0.220 e. The summed E-state index contributed by atoms with van der Waals surface area (Å²) in [6.45, 7) is 7.40. The molecule has 0 aliphatic carbocycles. The Bertz CT molecular complexity index is 254. The number of nitrogens with one attached hydrogen (secondary N) is 1. The number of methoxy groups -OCH3 is 1. The van der Waals surface area contributed by atoms with Crippen LogP contribution >= 0.6 is 0 Å². The lowest BCUT2D eigenvalue weighted by Gasteiger charge is -2.08. The molecule has 1 N–H and O–H groups in total. The zero-order valence-electron chi connectivity index (χ0n) is 8.80. The molecule has 0 heterocycles. The summed E-state index contributed by atoms with van der Waals surface area (Å²) in [7, 11) is 3.18. The molecule has 0 saturated heterocycles. The van der Waals surface area contributed by atoms with Crippen molar-refractivity contribution in [2.45, 2.75) is 12.8 Å². The molecule has 3 heteroatoms. The first kappa shape index (κ1) is 12.5. The van der Waals surface area contributed by atoms with Gasteiger partial charge in [-0.15, -0.1) is 0 Å². The number of allylic oxidation sites excluding steroid dienone is 3. The van der Waals surface area contributed by atoms with Crippen LogP contribution in [0.3, 0.4) is 0 Å². The summed E-state index contributed by atoms with van der Waals surface area (Å²) in [6.07, 6.45) is 4.37. The zero-order chi connectivity index (χ0) is 11.0. The number of hydrogen-bond acceptors (Lipinski definition) is 2. The number of hydrogen-bond donors (Lipinski definition) is 1. The van der Waals surface area contributed by atoms with Gasteiger partial charge in [0.25, 0.3) is 0 Å². The van der Waals surface area contributed by atoms with Crippen LogP contribution in [0.25, 0.3) is 0 Å². The standard InChI is InChI=1S/C11H17NO2/c1-5-6-10(14-4)9(2)7-8-11(13)12-3/h5-6H,1-2,7-8H2,3-4H3,(H,12,13)/b10-6+. The fourth-order valence-corrected chi connectivity index (χ4v) is 0.950. The molecule has 14 heavy (non-hydrogen) atoms. The smallest absolute Gasteiger partial charge is 0.220 e. The van der Waals surface area contributed by atoms with Gasteiger partial charge in [0.15, 0.2) is 0 Å². The van der Waals surface area contributed by atoms with Crippen LogP contribution in [0, 0.1) is 0 Å². The second-order valence-corrected chi connectivity index (χ2v) is 2.75. The summed E-state index contributed by atoms with van der Waals surface area (Å²) in [6, 6.07) is 0. The van der Waals surface area contributed by atoms with Crippen LogP contribution in [-0.4, -0.2) is 20.1 Å². The molecular formula is C11H17NO2. The van der Waals surface area contributed by atoms with Crippen LogP contribution in [0.4, 0.5) is 0 Å². The Labute approximate surface area is 85.1 Å². The van der Waals surface area contributed by atoms with E-state index in [1.54, 1.807) is 26.3 Å². The topological polar surface area (TPSA) is 38.3 Å². The minimum absolute atomic E-state index is 0.000191. The molecule has 0 aromatic heterocycles. The third-order valence-electron chi connectivity index (χ3n) is 1.77. The van der Waals surface area contributed by atoms with Gasteiger partial charge in [0.05, 0.1) is 7.11 Å². The van der Waals surface area contributed by atoms with Crippen LogP contribution < -0.4 is 5.32 Å². The van der Waals surface area contributed by atoms with E-state index in [4.69, 9.17) is 4.74 Å². The van der Waals surface area contributed by atoms with E-state index in [2.05, 4.69) is 18.5 Å². The molecule has 0 saturated carbocycles. The maximum atomic E-state index is 11.0. The zero-order valence-corrected chi connectivity index (χ0v) is 8.80. The highest BCUT2D eigenvalue weighted by atomic mass is 16.5. The normalized spacial score (nSPS) is 10.6. The Morgan fingerprint density at radius 3 is 2.57 bits per heavy atom. The summed E-state index contributed by atoms with van der Waals surface area (Å²) in [5, 5.41) is 2.55. The van der Waals surface area contributed by atoms with E-state index >= 15 is 0 Å². The van der Waals surface area contributed by atoms with Crippen molar-refractivity contribution < 1.29 is 9.53 Å². The van der Waals surface area contributed by atoms with Crippen molar-refractivity contribution in [2.24, 2.45) is 0 Å². The Hall–Kier alpha value is -1.51. The summed E-state index contributed by atoms with van der Waals surface area (Å²) in [5.41, 5.74) is 0.802. The Balaban J connectivity index is 4.12. The predicted molar refractivity (Wildman–Crippen MR) is 57.7 cm³/mol. The fraction of sp³-hybridized carbons (Fsp3) is 0.364. The first-order chi connectivity index (χ1) is 6.65. The highest BCUT2D eigenvalue weighted by Crippen LogP contribution is 2.14. The molecule has 0 aromatic rings. The third kappa shape index (κ3) is 4.50. The molecule has 3 nitrogen and oxygen atoms in total. The minimum Gasteiger partial charge on any atom is -0.497 e. The van der Waals surface area contributed by atoms with Gasteiger partial charge in [-0.25, -0.2) is 0 Å². The molecular weight excluding hydrogens is 178 g/mol. The van der Waals surface area contributed by atoms with Crippen molar-refractivity contribution in [1.82, 2.24) is 5.32 Å². The van der Waals surface area contributed by atoms with Crippen molar-refractivity contribution in [3.63, 3.8) is 0 Å². The van der Waals surface area contributed by atoms with Crippen molar-refractivity contribution in [1.29, 1.82) is 0 Å². The van der Waals surface area contributed by atoms with Gasteiger partial charge in [0.2, 0.25) is 5.91 Å². The largest absolute Gasteiger partial charge is 0.497 e. The molecule has 0 bridgehead atoms. The molecule has 0 aromatic carbocycles. The average Bonchev–Trinajstić information content (AvgIpc) is 2.21. The second-order valence-electron chi connectivity index (χ2n) is 2.75. The molecule has 1 amide bonds. The highest BCUT2D eigenvalue weighted by molar-refractivity contribution is 5.75. The van der Waals surface area contributed by atoms with Crippen LogP contribution in [0.2, 0.25) is 0 Å². The molecule has 0 fully saturated rings. The van der Waals surface area contributed by atoms with Crippen LogP contribution in [-0.2, 0) is 9.53 Å². The van der Waals surface area contributed by atoms with Crippen LogP contribution in [0.1, 0.15) is 12.8 Å². The lowest BCUT2D eigenvalue weighted by Crippen LogP contribution is -2.17. The van der Waals surface area contributed by atoms with E-state index in [1.165, 1.54) is 0 Å². The van der Waals surface area contributed by atoms with Gasteiger partial charge in [-0.3, -0.25) is 4.79 Å². The average molecular weight is 195 g/mol. The monoisotopic (exact) mass is 195 g/mol. The molecule has 0 spiro atoms. The van der Waals surface area contributed by atoms with Gasteiger partial charge in [0, 0.05) is 13.5 Å². The molecule has 0 aliphatic heterocycles. The quantitative estimate of drug-likeness (QED) is 0.518. The van der Waals surface area contributed by atoms with E-state index < -0.39 is 0 Å². The SMILES string of the molecule is C=C/C=C(/OC)C(=C)CCC(=O)NC. The number of amides is 1. The van der Waals surface area contributed by atoms with Crippen molar-refractivity contribution >= 4 is 5.91 Å².